The van der Waals surface area contributed by atoms with Gasteiger partial charge in [-0.25, -0.2) is 14.8 Å². The van der Waals surface area contributed by atoms with Crippen LogP contribution in [0.5, 0.6) is 0 Å². The van der Waals surface area contributed by atoms with Gasteiger partial charge in [0.2, 0.25) is 5.95 Å². The highest BCUT2D eigenvalue weighted by atomic mass is 16.5. The van der Waals surface area contributed by atoms with Gasteiger partial charge in [0, 0.05) is 12.7 Å². The Labute approximate surface area is 117 Å². The molecule has 106 valence electrons. The van der Waals surface area contributed by atoms with Crippen molar-refractivity contribution >= 4 is 11.9 Å². The lowest BCUT2D eigenvalue weighted by Crippen LogP contribution is -2.42. The summed E-state index contributed by atoms with van der Waals surface area (Å²) >= 11 is 0. The maximum atomic E-state index is 11.7. The molecular formula is C13H16N4O3. The van der Waals surface area contributed by atoms with E-state index in [0.717, 1.165) is 0 Å². The number of carbonyl (C=O) groups is 1. The molecule has 20 heavy (non-hydrogen) atoms. The van der Waals surface area contributed by atoms with Crippen molar-refractivity contribution in [1.82, 2.24) is 9.97 Å². The zero-order valence-electron chi connectivity index (χ0n) is 11.5. The third-order valence-electron chi connectivity index (χ3n) is 2.96. The Morgan fingerprint density at radius 2 is 2.50 bits per heavy atom. The molecule has 1 fully saturated rings. The average Bonchev–Trinajstić information content (AvgIpc) is 2.47. The van der Waals surface area contributed by atoms with Crippen molar-refractivity contribution in [2.45, 2.75) is 20.0 Å². The van der Waals surface area contributed by atoms with Crippen molar-refractivity contribution in [2.24, 2.45) is 0 Å². The fourth-order valence-electron chi connectivity index (χ4n) is 1.93. The van der Waals surface area contributed by atoms with E-state index in [0.29, 0.717) is 43.5 Å². The Morgan fingerprint density at radius 3 is 3.15 bits per heavy atom. The molecule has 1 saturated heterocycles. The Kier molecular flexibility index (Phi) is 4.48. The first-order valence-electron chi connectivity index (χ1n) is 6.42. The molecule has 0 amide bonds. The van der Waals surface area contributed by atoms with Crippen LogP contribution in [0.4, 0.5) is 5.95 Å². The minimum atomic E-state index is -0.475. The summed E-state index contributed by atoms with van der Waals surface area (Å²) in [6, 6.07) is 2.07. The molecule has 2 rings (SSSR count). The van der Waals surface area contributed by atoms with Crippen molar-refractivity contribution in [3.8, 4) is 6.07 Å². The number of aryl methyl sites for hydroxylation is 1. The molecule has 0 aliphatic carbocycles. The Bertz CT molecular complexity index is 541. The second-order valence-electron chi connectivity index (χ2n) is 4.32. The van der Waals surface area contributed by atoms with Crippen molar-refractivity contribution in [2.75, 3.05) is 31.2 Å². The molecular weight excluding hydrogens is 260 g/mol. The van der Waals surface area contributed by atoms with Gasteiger partial charge in [0.1, 0.15) is 0 Å². The van der Waals surface area contributed by atoms with E-state index in [1.165, 1.54) is 6.20 Å². The van der Waals surface area contributed by atoms with Crippen molar-refractivity contribution in [3.63, 3.8) is 0 Å². The highest BCUT2D eigenvalue weighted by Crippen LogP contribution is 2.15. The Balaban J connectivity index is 2.16. The van der Waals surface area contributed by atoms with Gasteiger partial charge in [0.15, 0.2) is 6.10 Å². The van der Waals surface area contributed by atoms with Crippen molar-refractivity contribution in [3.05, 3.63) is 17.5 Å². The number of carbonyl (C=O) groups excluding carboxylic acids is 1. The van der Waals surface area contributed by atoms with Crippen LogP contribution in [0.2, 0.25) is 0 Å². The lowest BCUT2D eigenvalue weighted by atomic mass is 10.2. The van der Waals surface area contributed by atoms with Crippen LogP contribution in [0.25, 0.3) is 0 Å². The van der Waals surface area contributed by atoms with Crippen LogP contribution in [0.3, 0.4) is 0 Å². The van der Waals surface area contributed by atoms with Crippen molar-refractivity contribution < 1.29 is 14.3 Å². The summed E-state index contributed by atoms with van der Waals surface area (Å²) in [5.74, 6) is 0.0764. The van der Waals surface area contributed by atoms with Crippen LogP contribution in [0.1, 0.15) is 23.0 Å². The minimum Gasteiger partial charge on any atom is -0.462 e. The number of ether oxygens (including phenoxy) is 2. The predicted octanol–water partition coefficient (Wildman–Crippen LogP) is 0.690. The fraction of sp³-hybridized carbons (Fsp3) is 0.538. The van der Waals surface area contributed by atoms with Gasteiger partial charge in [0.25, 0.3) is 0 Å². The second-order valence-corrected chi connectivity index (χ2v) is 4.32. The number of rotatable bonds is 3. The number of hydrogen-bond acceptors (Lipinski definition) is 7. The average molecular weight is 276 g/mol. The number of anilines is 1. The van der Waals surface area contributed by atoms with E-state index in [4.69, 9.17) is 14.7 Å². The largest absolute Gasteiger partial charge is 0.462 e. The number of hydrogen-bond donors (Lipinski definition) is 0. The lowest BCUT2D eigenvalue weighted by molar-refractivity contribution is 0.0524. The van der Waals surface area contributed by atoms with E-state index in [1.54, 1.807) is 13.8 Å². The minimum absolute atomic E-state index is 0.313. The van der Waals surface area contributed by atoms with Gasteiger partial charge in [-0.15, -0.1) is 0 Å². The zero-order valence-corrected chi connectivity index (χ0v) is 11.5. The van der Waals surface area contributed by atoms with Crippen LogP contribution >= 0.6 is 0 Å². The number of nitrogens with zero attached hydrogens (tertiary/aromatic N) is 4. The Morgan fingerprint density at radius 1 is 1.70 bits per heavy atom. The van der Waals surface area contributed by atoms with Gasteiger partial charge in [0.05, 0.1) is 37.1 Å². The second kappa shape index (κ2) is 6.30. The monoisotopic (exact) mass is 276 g/mol. The smallest absolute Gasteiger partial charge is 0.341 e. The third-order valence-corrected chi connectivity index (χ3v) is 2.96. The van der Waals surface area contributed by atoms with Gasteiger partial charge < -0.3 is 14.4 Å². The lowest BCUT2D eigenvalue weighted by Gasteiger charge is -2.29. The van der Waals surface area contributed by atoms with Gasteiger partial charge in [-0.3, -0.25) is 0 Å². The molecule has 1 unspecified atom stereocenters. The van der Waals surface area contributed by atoms with Gasteiger partial charge in [-0.1, -0.05) is 0 Å². The summed E-state index contributed by atoms with van der Waals surface area (Å²) in [4.78, 5) is 22.0. The molecule has 0 aromatic carbocycles. The molecule has 0 spiro atoms. The van der Waals surface area contributed by atoms with Crippen LogP contribution in [0, 0.1) is 18.3 Å². The molecule has 0 saturated carbocycles. The summed E-state index contributed by atoms with van der Waals surface area (Å²) in [7, 11) is 0. The summed E-state index contributed by atoms with van der Waals surface area (Å²) in [6.45, 7) is 5.30. The van der Waals surface area contributed by atoms with E-state index >= 15 is 0 Å². The summed E-state index contributed by atoms with van der Waals surface area (Å²) < 4.78 is 10.2. The quantitative estimate of drug-likeness (QED) is 0.750. The number of morpholine rings is 1. The van der Waals surface area contributed by atoms with Crippen molar-refractivity contribution in [1.29, 1.82) is 5.26 Å². The SMILES string of the molecule is CCOC(=O)c1cnc(N2CCOC(C#N)C2)nc1C. The molecule has 2 heterocycles. The molecule has 0 bridgehead atoms. The fourth-order valence-corrected chi connectivity index (χ4v) is 1.93. The van der Waals surface area contributed by atoms with Gasteiger partial charge >= 0.3 is 5.97 Å². The normalized spacial score (nSPS) is 18.4. The molecule has 1 aromatic rings. The maximum absolute atomic E-state index is 11.7. The van der Waals surface area contributed by atoms with Gasteiger partial charge in [-0.05, 0) is 13.8 Å². The van der Waals surface area contributed by atoms with E-state index < -0.39 is 12.1 Å². The molecule has 0 radical (unpaired) electrons. The topological polar surface area (TPSA) is 88.3 Å². The van der Waals surface area contributed by atoms with E-state index in [2.05, 4.69) is 16.0 Å². The zero-order chi connectivity index (χ0) is 14.5. The molecule has 1 aliphatic rings. The summed E-state index contributed by atoms with van der Waals surface area (Å²) in [5.41, 5.74) is 0.925. The maximum Gasteiger partial charge on any atom is 0.341 e. The molecule has 1 atom stereocenters. The summed E-state index contributed by atoms with van der Waals surface area (Å²) in [6.07, 6.45) is 0.990. The van der Waals surface area contributed by atoms with Gasteiger partial charge in [-0.2, -0.15) is 5.26 Å². The standard InChI is InChI=1S/C13H16N4O3/c1-3-19-12(18)11-7-15-13(16-9(11)2)17-4-5-20-10(6-14)8-17/h7,10H,3-5,8H2,1-2H3. The molecule has 1 aromatic heterocycles. The summed E-state index contributed by atoms with van der Waals surface area (Å²) in [5, 5.41) is 8.88. The molecule has 0 N–H and O–H groups in total. The number of esters is 1. The van der Waals surface area contributed by atoms with Crippen LogP contribution in [0.15, 0.2) is 6.20 Å². The van der Waals surface area contributed by atoms with Crippen LogP contribution in [-0.2, 0) is 9.47 Å². The van der Waals surface area contributed by atoms with E-state index in [9.17, 15) is 4.79 Å². The predicted molar refractivity (Wildman–Crippen MR) is 70.3 cm³/mol. The number of aromatic nitrogens is 2. The number of nitriles is 1. The molecule has 1 aliphatic heterocycles. The Hall–Kier alpha value is -2.20. The highest BCUT2D eigenvalue weighted by Gasteiger charge is 2.23. The van der Waals surface area contributed by atoms with Crippen LogP contribution in [-0.4, -0.2) is 48.3 Å². The first kappa shape index (κ1) is 14.2. The van der Waals surface area contributed by atoms with Crippen LogP contribution < -0.4 is 4.90 Å². The highest BCUT2D eigenvalue weighted by molar-refractivity contribution is 5.90. The van der Waals surface area contributed by atoms with E-state index in [-0.39, 0.29) is 0 Å². The molecule has 7 heteroatoms. The third kappa shape index (κ3) is 3.03. The first-order chi connectivity index (χ1) is 9.65. The van der Waals surface area contributed by atoms with E-state index in [1.807, 2.05) is 4.90 Å². The first-order valence-corrected chi connectivity index (χ1v) is 6.42. The molecule has 7 nitrogen and oxygen atoms in total.